The third-order valence-corrected chi connectivity index (χ3v) is 3.69. The van der Waals surface area contributed by atoms with E-state index in [9.17, 15) is 9.59 Å². The maximum Gasteiger partial charge on any atom is 0.332 e. The predicted molar refractivity (Wildman–Crippen MR) is 77.1 cm³/mol. The molecule has 114 valence electrons. The molecule has 0 bridgehead atoms. The second kappa shape index (κ2) is 7.08. The molecule has 6 nitrogen and oxygen atoms in total. The van der Waals surface area contributed by atoms with Crippen molar-refractivity contribution in [1.29, 1.82) is 0 Å². The number of rotatable bonds is 4. The average Bonchev–Trinajstić information content (AvgIpc) is 2.69. The molecule has 2 amide bonds. The molecular formula is C15H20N2O4. The first-order chi connectivity index (χ1) is 10.1. The Morgan fingerprint density at radius 1 is 1.19 bits per heavy atom. The molecule has 1 aliphatic rings. The van der Waals surface area contributed by atoms with Crippen molar-refractivity contribution >= 4 is 12.0 Å². The highest BCUT2D eigenvalue weighted by Gasteiger charge is 2.19. The first kappa shape index (κ1) is 15.3. The molecule has 0 saturated heterocycles. The molecule has 1 aromatic rings. The van der Waals surface area contributed by atoms with Gasteiger partial charge in [0.15, 0.2) is 6.10 Å². The van der Waals surface area contributed by atoms with Crippen molar-refractivity contribution < 1.29 is 19.8 Å². The minimum atomic E-state index is -1.43. The Hall–Kier alpha value is -2.08. The van der Waals surface area contributed by atoms with Gasteiger partial charge in [0.2, 0.25) is 0 Å². The van der Waals surface area contributed by atoms with Gasteiger partial charge in [0.05, 0.1) is 0 Å². The van der Waals surface area contributed by atoms with E-state index in [1.54, 1.807) is 4.90 Å². The van der Waals surface area contributed by atoms with Crippen LogP contribution in [-0.4, -0.2) is 52.9 Å². The molecule has 1 atom stereocenters. The zero-order valence-corrected chi connectivity index (χ0v) is 11.8. The van der Waals surface area contributed by atoms with Crippen molar-refractivity contribution in [2.24, 2.45) is 0 Å². The van der Waals surface area contributed by atoms with Gasteiger partial charge in [-0.3, -0.25) is 0 Å². The van der Waals surface area contributed by atoms with Crippen molar-refractivity contribution in [2.45, 2.75) is 25.4 Å². The molecule has 0 spiro atoms. The van der Waals surface area contributed by atoms with E-state index in [2.05, 4.69) is 17.4 Å². The van der Waals surface area contributed by atoms with Gasteiger partial charge in [-0.05, 0) is 24.0 Å². The van der Waals surface area contributed by atoms with Crippen LogP contribution in [0.5, 0.6) is 0 Å². The van der Waals surface area contributed by atoms with E-state index in [4.69, 9.17) is 10.2 Å². The highest BCUT2D eigenvalue weighted by atomic mass is 16.4. The van der Waals surface area contributed by atoms with Crippen molar-refractivity contribution in [1.82, 2.24) is 10.2 Å². The number of hydrogen-bond donors (Lipinski definition) is 3. The van der Waals surface area contributed by atoms with Gasteiger partial charge in [-0.25, -0.2) is 9.59 Å². The van der Waals surface area contributed by atoms with Gasteiger partial charge in [0.1, 0.15) is 0 Å². The van der Waals surface area contributed by atoms with Crippen LogP contribution in [0.3, 0.4) is 0 Å². The van der Waals surface area contributed by atoms with E-state index in [1.807, 2.05) is 12.1 Å². The summed E-state index contributed by atoms with van der Waals surface area (Å²) in [5.41, 5.74) is 2.54. The number of urea groups is 1. The lowest BCUT2D eigenvalue weighted by Gasteiger charge is -2.21. The van der Waals surface area contributed by atoms with Gasteiger partial charge in [0, 0.05) is 26.1 Å². The fraction of sp³-hybridized carbons (Fsp3) is 0.467. The number of aliphatic hydroxyl groups excluding tert-OH is 1. The van der Waals surface area contributed by atoms with Crippen LogP contribution < -0.4 is 5.32 Å². The van der Waals surface area contributed by atoms with Crippen LogP contribution in [0.1, 0.15) is 17.5 Å². The third kappa shape index (κ3) is 4.19. The van der Waals surface area contributed by atoms with Crippen LogP contribution in [0, 0.1) is 0 Å². The molecule has 2 rings (SSSR count). The first-order valence-corrected chi connectivity index (χ1v) is 7.08. The molecule has 1 aliphatic heterocycles. The molecule has 3 N–H and O–H groups in total. The molecule has 0 aliphatic carbocycles. The second-order valence-corrected chi connectivity index (χ2v) is 5.13. The number of benzene rings is 1. The summed E-state index contributed by atoms with van der Waals surface area (Å²) in [6.45, 7) is 1.43. The van der Waals surface area contributed by atoms with Gasteiger partial charge in [-0.1, -0.05) is 24.3 Å². The Morgan fingerprint density at radius 2 is 1.76 bits per heavy atom. The lowest BCUT2D eigenvalue weighted by Crippen LogP contribution is -2.42. The number of carboxylic acid groups (broad SMARTS) is 1. The normalized spacial score (nSPS) is 15.8. The molecule has 0 radical (unpaired) electrons. The van der Waals surface area contributed by atoms with Gasteiger partial charge >= 0.3 is 12.0 Å². The predicted octanol–water partition coefficient (Wildman–Crippen LogP) is 0.632. The van der Waals surface area contributed by atoms with E-state index in [0.29, 0.717) is 13.1 Å². The minimum Gasteiger partial charge on any atom is -0.479 e. The quantitative estimate of drug-likeness (QED) is 0.759. The molecule has 1 heterocycles. The first-order valence-electron chi connectivity index (χ1n) is 7.08. The maximum atomic E-state index is 12.0. The highest BCUT2D eigenvalue weighted by Crippen LogP contribution is 2.15. The number of amides is 2. The molecule has 0 aromatic heterocycles. The molecular weight excluding hydrogens is 272 g/mol. The smallest absolute Gasteiger partial charge is 0.332 e. The molecule has 21 heavy (non-hydrogen) atoms. The van der Waals surface area contributed by atoms with Crippen molar-refractivity contribution in [3.8, 4) is 0 Å². The lowest BCUT2D eigenvalue weighted by atomic mass is 10.0. The van der Waals surface area contributed by atoms with Crippen molar-refractivity contribution in [3.05, 3.63) is 35.4 Å². The second-order valence-electron chi connectivity index (χ2n) is 5.13. The minimum absolute atomic E-state index is 0.00907. The van der Waals surface area contributed by atoms with Gasteiger partial charge in [0.25, 0.3) is 0 Å². The number of nitrogens with one attached hydrogen (secondary N) is 1. The molecule has 6 heteroatoms. The fourth-order valence-electron chi connectivity index (χ4n) is 2.42. The summed E-state index contributed by atoms with van der Waals surface area (Å²) in [6.07, 6.45) is 0.219. The summed E-state index contributed by atoms with van der Waals surface area (Å²) in [5.74, 6) is -1.27. The van der Waals surface area contributed by atoms with E-state index < -0.39 is 12.1 Å². The Balaban J connectivity index is 1.81. The summed E-state index contributed by atoms with van der Waals surface area (Å²) in [5, 5.41) is 20.4. The Labute approximate surface area is 123 Å². The van der Waals surface area contributed by atoms with Crippen LogP contribution >= 0.6 is 0 Å². The molecule has 0 saturated carbocycles. The zero-order chi connectivity index (χ0) is 15.2. The van der Waals surface area contributed by atoms with Crippen LogP contribution in [0.15, 0.2) is 24.3 Å². The SMILES string of the molecule is O=C(O)C(O)CCNC(=O)N1CCc2ccccc2CC1. The summed E-state index contributed by atoms with van der Waals surface area (Å²) >= 11 is 0. The zero-order valence-electron chi connectivity index (χ0n) is 11.8. The fourth-order valence-corrected chi connectivity index (χ4v) is 2.42. The topological polar surface area (TPSA) is 89.9 Å². The van der Waals surface area contributed by atoms with Crippen molar-refractivity contribution in [3.63, 3.8) is 0 Å². The maximum absolute atomic E-state index is 12.0. The standard InChI is InChI=1S/C15H20N2O4/c18-13(14(19)20)5-8-16-15(21)17-9-6-11-3-1-2-4-12(11)7-10-17/h1-4,13,18H,5-10H2,(H,16,21)(H,19,20). The monoisotopic (exact) mass is 292 g/mol. The number of hydrogen-bond acceptors (Lipinski definition) is 3. The number of fused-ring (bicyclic) bond motifs is 1. The third-order valence-electron chi connectivity index (χ3n) is 3.69. The Morgan fingerprint density at radius 3 is 2.29 bits per heavy atom. The van der Waals surface area contributed by atoms with Crippen LogP contribution in [-0.2, 0) is 17.6 Å². The van der Waals surface area contributed by atoms with Gasteiger partial charge in [-0.15, -0.1) is 0 Å². The highest BCUT2D eigenvalue weighted by molar-refractivity contribution is 5.75. The Kier molecular flexibility index (Phi) is 5.16. The van der Waals surface area contributed by atoms with Gasteiger partial charge in [-0.2, -0.15) is 0 Å². The largest absolute Gasteiger partial charge is 0.479 e. The van der Waals surface area contributed by atoms with E-state index in [1.165, 1.54) is 11.1 Å². The van der Waals surface area contributed by atoms with E-state index in [-0.39, 0.29) is 19.0 Å². The van der Waals surface area contributed by atoms with Gasteiger partial charge < -0.3 is 20.4 Å². The number of carboxylic acids is 1. The number of nitrogens with zero attached hydrogens (tertiary/aromatic N) is 1. The number of aliphatic carboxylic acids is 1. The van der Waals surface area contributed by atoms with Crippen LogP contribution in [0.25, 0.3) is 0 Å². The molecule has 1 aromatic carbocycles. The lowest BCUT2D eigenvalue weighted by molar-refractivity contribution is -0.146. The van der Waals surface area contributed by atoms with Crippen LogP contribution in [0.2, 0.25) is 0 Å². The van der Waals surface area contributed by atoms with Crippen LogP contribution in [0.4, 0.5) is 4.79 Å². The number of aliphatic hydroxyl groups is 1. The summed E-state index contributed by atoms with van der Waals surface area (Å²) in [4.78, 5) is 24.2. The Bertz CT molecular complexity index is 491. The summed E-state index contributed by atoms with van der Waals surface area (Å²) in [6, 6.07) is 7.96. The molecule has 1 unspecified atom stereocenters. The van der Waals surface area contributed by atoms with E-state index >= 15 is 0 Å². The molecule has 0 fully saturated rings. The van der Waals surface area contributed by atoms with E-state index in [0.717, 1.165) is 12.8 Å². The van der Waals surface area contributed by atoms with Crippen molar-refractivity contribution in [2.75, 3.05) is 19.6 Å². The number of carbonyl (C=O) groups excluding carboxylic acids is 1. The summed E-state index contributed by atoms with van der Waals surface area (Å²) in [7, 11) is 0. The average molecular weight is 292 g/mol. The number of carbonyl (C=O) groups is 2. The summed E-state index contributed by atoms with van der Waals surface area (Å²) < 4.78 is 0.